The lowest BCUT2D eigenvalue weighted by molar-refractivity contribution is -0.134. The van der Waals surface area contributed by atoms with Gasteiger partial charge in [-0.05, 0) is 55.8 Å². The Balaban J connectivity index is 1.09. The second-order valence-electron chi connectivity index (χ2n) is 9.40. The molecular weight excluding hydrogens is 330 g/mol. The van der Waals surface area contributed by atoms with E-state index >= 15 is 0 Å². The highest BCUT2D eigenvalue weighted by atomic mass is 16.5. The van der Waals surface area contributed by atoms with Gasteiger partial charge in [0.1, 0.15) is 0 Å². The van der Waals surface area contributed by atoms with E-state index in [0.717, 1.165) is 45.7 Å². The smallest absolute Gasteiger partial charge is 0.409 e. The van der Waals surface area contributed by atoms with E-state index in [0.29, 0.717) is 35.1 Å². The molecule has 5 fully saturated rings. The topological polar surface area (TPSA) is 53.1 Å². The van der Waals surface area contributed by atoms with Crippen LogP contribution in [0.5, 0.6) is 0 Å². The summed E-state index contributed by atoms with van der Waals surface area (Å²) in [6.45, 7) is 5.93. The Labute approximate surface area is 155 Å². The number of ether oxygens (including phenoxy) is 1. The molecule has 1 spiro atoms. The number of fused-ring (bicyclic) bond motifs is 1. The van der Waals surface area contributed by atoms with Gasteiger partial charge in [0.2, 0.25) is 5.91 Å². The van der Waals surface area contributed by atoms with Crippen LogP contribution in [0.25, 0.3) is 0 Å². The van der Waals surface area contributed by atoms with Gasteiger partial charge in [0.05, 0.1) is 7.11 Å². The number of nitrogens with zero attached hydrogens (tertiary/aromatic N) is 3. The number of rotatable bonds is 2. The normalized spacial score (nSPS) is 41.9. The van der Waals surface area contributed by atoms with Crippen molar-refractivity contribution in [1.82, 2.24) is 14.7 Å². The first kappa shape index (κ1) is 16.8. The van der Waals surface area contributed by atoms with Crippen LogP contribution in [-0.4, -0.2) is 79.1 Å². The lowest BCUT2D eigenvalue weighted by Gasteiger charge is -2.49. The molecule has 5 rings (SSSR count). The van der Waals surface area contributed by atoms with Gasteiger partial charge in [-0.15, -0.1) is 0 Å². The molecule has 0 N–H and O–H groups in total. The number of amides is 2. The van der Waals surface area contributed by atoms with Crippen molar-refractivity contribution in [3.8, 4) is 0 Å². The molecule has 5 aliphatic rings. The molecule has 6 nitrogen and oxygen atoms in total. The van der Waals surface area contributed by atoms with Crippen LogP contribution in [0, 0.1) is 23.2 Å². The van der Waals surface area contributed by atoms with Crippen LogP contribution in [0.15, 0.2) is 0 Å². The van der Waals surface area contributed by atoms with Crippen LogP contribution in [0.3, 0.4) is 0 Å². The van der Waals surface area contributed by atoms with Gasteiger partial charge >= 0.3 is 6.09 Å². The number of likely N-dealkylation sites (tertiary alicyclic amines) is 3. The van der Waals surface area contributed by atoms with E-state index in [9.17, 15) is 9.59 Å². The van der Waals surface area contributed by atoms with Crippen molar-refractivity contribution < 1.29 is 14.3 Å². The third-order valence-electron chi connectivity index (χ3n) is 7.90. The molecule has 0 aromatic heterocycles. The summed E-state index contributed by atoms with van der Waals surface area (Å²) in [5.74, 6) is 2.03. The Kier molecular flexibility index (Phi) is 3.96. The van der Waals surface area contributed by atoms with Gasteiger partial charge in [-0.25, -0.2) is 4.79 Å². The van der Waals surface area contributed by atoms with Crippen LogP contribution in [-0.2, 0) is 9.53 Å². The van der Waals surface area contributed by atoms with Crippen molar-refractivity contribution in [2.45, 2.75) is 44.6 Å². The second-order valence-corrected chi connectivity index (χ2v) is 9.40. The maximum atomic E-state index is 12.7. The first-order valence-electron chi connectivity index (χ1n) is 10.5. The fraction of sp³-hybridized carbons (Fsp3) is 0.900. The minimum atomic E-state index is -0.174. The highest BCUT2D eigenvalue weighted by Gasteiger charge is 2.62. The number of piperidine rings is 2. The highest BCUT2D eigenvalue weighted by Crippen LogP contribution is 2.57. The van der Waals surface area contributed by atoms with Crippen LogP contribution >= 0.6 is 0 Å². The molecule has 3 heterocycles. The molecule has 0 radical (unpaired) electrons. The number of hydrogen-bond acceptors (Lipinski definition) is 4. The first-order valence-corrected chi connectivity index (χ1v) is 10.5. The summed E-state index contributed by atoms with van der Waals surface area (Å²) in [4.78, 5) is 31.1. The molecule has 0 bridgehead atoms. The molecular formula is C20H31N3O3. The van der Waals surface area contributed by atoms with Crippen molar-refractivity contribution in [3.63, 3.8) is 0 Å². The van der Waals surface area contributed by atoms with E-state index in [4.69, 9.17) is 4.74 Å². The minimum absolute atomic E-state index is 0.174. The number of carbonyl (C=O) groups excluding carboxylic acids is 2. The third kappa shape index (κ3) is 2.63. The standard InChI is InChI=1S/C20H31N3O3/c1-26-19(25)22-8-5-20(13-22)9-14(10-20)23-11-15-16(12-23)17(15)18(24)21-6-3-2-4-7-21/h14-17H,2-13H2,1H3/t14?,15-,16+,17+,20?. The fourth-order valence-corrected chi connectivity index (χ4v) is 6.30. The van der Waals surface area contributed by atoms with E-state index < -0.39 is 0 Å². The lowest BCUT2D eigenvalue weighted by atomic mass is 9.64. The van der Waals surface area contributed by atoms with Gasteiger partial charge in [0, 0.05) is 51.2 Å². The molecule has 3 saturated heterocycles. The zero-order chi connectivity index (χ0) is 17.9. The number of hydrogen-bond donors (Lipinski definition) is 0. The maximum Gasteiger partial charge on any atom is 0.409 e. The van der Waals surface area contributed by atoms with E-state index in [1.807, 2.05) is 4.90 Å². The van der Waals surface area contributed by atoms with Gasteiger partial charge in [-0.2, -0.15) is 0 Å². The molecule has 2 saturated carbocycles. The molecule has 6 heteroatoms. The largest absolute Gasteiger partial charge is 0.453 e. The average Bonchev–Trinajstić information content (AvgIpc) is 3.02. The molecule has 0 aromatic carbocycles. The van der Waals surface area contributed by atoms with E-state index in [2.05, 4.69) is 9.80 Å². The van der Waals surface area contributed by atoms with Crippen molar-refractivity contribution >= 4 is 12.0 Å². The molecule has 2 amide bonds. The van der Waals surface area contributed by atoms with Crippen molar-refractivity contribution in [2.24, 2.45) is 23.2 Å². The van der Waals surface area contributed by atoms with Gasteiger partial charge in [-0.1, -0.05) is 0 Å². The van der Waals surface area contributed by atoms with Crippen molar-refractivity contribution in [3.05, 3.63) is 0 Å². The third-order valence-corrected chi connectivity index (χ3v) is 7.90. The number of carbonyl (C=O) groups is 2. The van der Waals surface area contributed by atoms with E-state index in [1.54, 1.807) is 0 Å². The first-order chi connectivity index (χ1) is 12.6. The fourth-order valence-electron chi connectivity index (χ4n) is 6.30. The summed E-state index contributed by atoms with van der Waals surface area (Å²) < 4.78 is 4.87. The second kappa shape index (κ2) is 6.11. The predicted octanol–water partition coefficient (Wildman–Crippen LogP) is 1.80. The predicted molar refractivity (Wildman–Crippen MR) is 96.5 cm³/mol. The quantitative estimate of drug-likeness (QED) is 0.753. The van der Waals surface area contributed by atoms with Gasteiger partial charge in [-0.3, -0.25) is 9.69 Å². The molecule has 0 aromatic rings. The molecule has 144 valence electrons. The Bertz CT molecular complexity index is 585. The molecule has 3 atom stereocenters. The van der Waals surface area contributed by atoms with Crippen molar-refractivity contribution in [2.75, 3.05) is 46.4 Å². The van der Waals surface area contributed by atoms with Gasteiger partial charge < -0.3 is 14.5 Å². The van der Waals surface area contributed by atoms with Crippen LogP contribution in [0.4, 0.5) is 4.79 Å². The van der Waals surface area contributed by atoms with Crippen molar-refractivity contribution in [1.29, 1.82) is 0 Å². The Morgan fingerprint density at radius 1 is 0.962 bits per heavy atom. The molecule has 26 heavy (non-hydrogen) atoms. The number of methoxy groups -OCH3 is 1. The monoisotopic (exact) mass is 361 g/mol. The molecule has 3 aliphatic heterocycles. The van der Waals surface area contributed by atoms with Gasteiger partial charge in [0.25, 0.3) is 0 Å². The summed E-state index contributed by atoms with van der Waals surface area (Å²) in [7, 11) is 1.47. The summed E-state index contributed by atoms with van der Waals surface area (Å²) >= 11 is 0. The summed E-state index contributed by atoms with van der Waals surface area (Å²) in [5.41, 5.74) is 0.342. The highest BCUT2D eigenvalue weighted by molar-refractivity contribution is 5.82. The Hall–Kier alpha value is -1.30. The van der Waals surface area contributed by atoms with Crippen LogP contribution < -0.4 is 0 Å². The Morgan fingerprint density at radius 2 is 1.65 bits per heavy atom. The molecule has 0 unspecified atom stereocenters. The Morgan fingerprint density at radius 3 is 2.31 bits per heavy atom. The molecule has 2 aliphatic carbocycles. The maximum absolute atomic E-state index is 12.7. The lowest BCUT2D eigenvalue weighted by Crippen LogP contribution is -2.52. The zero-order valence-electron chi connectivity index (χ0n) is 15.9. The zero-order valence-corrected chi connectivity index (χ0v) is 15.9. The van der Waals surface area contributed by atoms with Crippen LogP contribution in [0.2, 0.25) is 0 Å². The van der Waals surface area contributed by atoms with Crippen LogP contribution in [0.1, 0.15) is 38.5 Å². The summed E-state index contributed by atoms with van der Waals surface area (Å²) in [6, 6.07) is 0.672. The summed E-state index contributed by atoms with van der Waals surface area (Å²) in [5, 5.41) is 0. The van der Waals surface area contributed by atoms with E-state index in [1.165, 1.54) is 39.2 Å². The SMILES string of the molecule is COC(=O)N1CCC2(CC(N3C[C@@H]4[C@H](C3)[C@H]4C(=O)N3CCCCC3)C2)C1. The summed E-state index contributed by atoms with van der Waals surface area (Å²) in [6.07, 6.45) is 7.03. The van der Waals surface area contributed by atoms with E-state index in [-0.39, 0.29) is 6.09 Å². The van der Waals surface area contributed by atoms with Gasteiger partial charge in [0.15, 0.2) is 0 Å². The average molecular weight is 361 g/mol. The minimum Gasteiger partial charge on any atom is -0.453 e.